The minimum atomic E-state index is -0.409. The van der Waals surface area contributed by atoms with Crippen molar-refractivity contribution in [2.24, 2.45) is 0 Å². The summed E-state index contributed by atoms with van der Waals surface area (Å²) < 4.78 is 9.74. The van der Waals surface area contributed by atoms with Crippen molar-refractivity contribution in [3.05, 3.63) is 23.3 Å². The van der Waals surface area contributed by atoms with Crippen molar-refractivity contribution < 1.29 is 14.3 Å². The minimum absolute atomic E-state index is 0.0974. The van der Waals surface area contributed by atoms with Gasteiger partial charge in [-0.25, -0.2) is 4.79 Å². The number of benzene rings is 1. The largest absolute Gasteiger partial charge is 0.482 e. The molecule has 0 amide bonds. The molecule has 0 aliphatic heterocycles. The van der Waals surface area contributed by atoms with E-state index in [0.29, 0.717) is 11.4 Å². The van der Waals surface area contributed by atoms with E-state index in [9.17, 15) is 4.79 Å². The first kappa shape index (κ1) is 11.4. The van der Waals surface area contributed by atoms with Crippen molar-refractivity contribution in [2.45, 2.75) is 13.8 Å². The van der Waals surface area contributed by atoms with Crippen molar-refractivity contribution in [1.82, 2.24) is 0 Å². The molecule has 4 nitrogen and oxygen atoms in total. The van der Waals surface area contributed by atoms with Crippen LogP contribution < -0.4 is 10.5 Å². The summed E-state index contributed by atoms with van der Waals surface area (Å²) in [6.45, 7) is 3.73. The number of anilines is 1. The summed E-state index contributed by atoms with van der Waals surface area (Å²) in [5, 5.41) is 0. The number of carbonyl (C=O) groups is 1. The van der Waals surface area contributed by atoms with Crippen LogP contribution in [0.5, 0.6) is 5.75 Å². The van der Waals surface area contributed by atoms with Gasteiger partial charge in [0.2, 0.25) is 0 Å². The SMILES string of the molecule is COC(=O)COc1cc(N)c(C)cc1C. The van der Waals surface area contributed by atoms with Crippen molar-refractivity contribution in [2.75, 3.05) is 19.5 Å². The molecule has 0 aromatic heterocycles. The molecule has 1 rings (SSSR count). The van der Waals surface area contributed by atoms with E-state index in [1.807, 2.05) is 19.9 Å². The lowest BCUT2D eigenvalue weighted by molar-refractivity contribution is -0.142. The third kappa shape index (κ3) is 2.87. The zero-order valence-corrected chi connectivity index (χ0v) is 9.16. The van der Waals surface area contributed by atoms with E-state index in [2.05, 4.69) is 4.74 Å². The van der Waals surface area contributed by atoms with Gasteiger partial charge in [0, 0.05) is 11.8 Å². The molecule has 0 radical (unpaired) electrons. The van der Waals surface area contributed by atoms with Crippen LogP contribution >= 0.6 is 0 Å². The summed E-state index contributed by atoms with van der Waals surface area (Å²) in [5.41, 5.74) is 8.33. The number of rotatable bonds is 3. The summed E-state index contributed by atoms with van der Waals surface area (Å²) in [6, 6.07) is 3.63. The smallest absolute Gasteiger partial charge is 0.343 e. The first-order valence-corrected chi connectivity index (χ1v) is 4.61. The number of methoxy groups -OCH3 is 1. The number of nitrogens with two attached hydrogens (primary N) is 1. The van der Waals surface area contributed by atoms with Gasteiger partial charge in [-0.1, -0.05) is 6.07 Å². The van der Waals surface area contributed by atoms with Gasteiger partial charge in [0.25, 0.3) is 0 Å². The highest BCUT2D eigenvalue weighted by molar-refractivity contribution is 5.71. The van der Waals surface area contributed by atoms with Gasteiger partial charge in [0.1, 0.15) is 5.75 Å². The summed E-state index contributed by atoms with van der Waals surface area (Å²) in [4.78, 5) is 10.9. The van der Waals surface area contributed by atoms with Crippen LogP contribution in [-0.4, -0.2) is 19.7 Å². The highest BCUT2D eigenvalue weighted by atomic mass is 16.6. The lowest BCUT2D eigenvalue weighted by Gasteiger charge is -2.10. The molecule has 4 heteroatoms. The molecule has 0 fully saturated rings. The third-order valence-corrected chi connectivity index (χ3v) is 2.14. The predicted octanol–water partition coefficient (Wildman–Crippen LogP) is 1.44. The summed E-state index contributed by atoms with van der Waals surface area (Å²) in [6.07, 6.45) is 0. The maximum Gasteiger partial charge on any atom is 0.343 e. The van der Waals surface area contributed by atoms with Crippen molar-refractivity contribution in [3.8, 4) is 5.75 Å². The Bertz CT molecular complexity index is 374. The van der Waals surface area contributed by atoms with Gasteiger partial charge in [0.15, 0.2) is 6.61 Å². The average molecular weight is 209 g/mol. The lowest BCUT2D eigenvalue weighted by Crippen LogP contribution is -2.13. The van der Waals surface area contributed by atoms with Crippen LogP contribution in [0.15, 0.2) is 12.1 Å². The van der Waals surface area contributed by atoms with E-state index in [1.165, 1.54) is 7.11 Å². The van der Waals surface area contributed by atoms with Crippen LogP contribution in [0.3, 0.4) is 0 Å². The highest BCUT2D eigenvalue weighted by Gasteiger charge is 2.06. The molecule has 82 valence electrons. The molecule has 0 unspecified atom stereocenters. The van der Waals surface area contributed by atoms with Crippen LogP contribution in [0, 0.1) is 13.8 Å². The second-order valence-electron chi connectivity index (χ2n) is 3.34. The normalized spacial score (nSPS) is 9.80. The summed E-state index contributed by atoms with van der Waals surface area (Å²) >= 11 is 0. The van der Waals surface area contributed by atoms with E-state index in [1.54, 1.807) is 6.07 Å². The number of nitrogen functional groups attached to an aromatic ring is 1. The van der Waals surface area contributed by atoms with Crippen LogP contribution in [0.4, 0.5) is 5.69 Å². The molecule has 0 bridgehead atoms. The van der Waals surface area contributed by atoms with Gasteiger partial charge in [-0.2, -0.15) is 0 Å². The van der Waals surface area contributed by atoms with Crippen LogP contribution in [0.25, 0.3) is 0 Å². The standard InChI is InChI=1S/C11H15NO3/c1-7-4-8(2)10(5-9(7)12)15-6-11(13)14-3/h4-5H,6,12H2,1-3H3. The maximum absolute atomic E-state index is 10.9. The molecule has 0 atom stereocenters. The van der Waals surface area contributed by atoms with Crippen molar-refractivity contribution in [1.29, 1.82) is 0 Å². The fourth-order valence-corrected chi connectivity index (χ4v) is 1.20. The third-order valence-electron chi connectivity index (χ3n) is 2.14. The molecule has 15 heavy (non-hydrogen) atoms. The number of hydrogen-bond acceptors (Lipinski definition) is 4. The molecule has 1 aromatic rings. The molecule has 0 heterocycles. The fraction of sp³-hybridized carbons (Fsp3) is 0.364. The molecule has 0 spiro atoms. The first-order chi connectivity index (χ1) is 7.04. The number of aryl methyl sites for hydroxylation is 2. The Morgan fingerprint density at radius 1 is 1.33 bits per heavy atom. The fourth-order valence-electron chi connectivity index (χ4n) is 1.20. The monoisotopic (exact) mass is 209 g/mol. The maximum atomic E-state index is 10.9. The predicted molar refractivity (Wildman–Crippen MR) is 57.8 cm³/mol. The van der Waals surface area contributed by atoms with Crippen LogP contribution in [-0.2, 0) is 9.53 Å². The zero-order chi connectivity index (χ0) is 11.4. The van der Waals surface area contributed by atoms with Crippen molar-refractivity contribution in [3.63, 3.8) is 0 Å². The van der Waals surface area contributed by atoms with Crippen LogP contribution in [0.2, 0.25) is 0 Å². The van der Waals surface area contributed by atoms with Gasteiger partial charge < -0.3 is 15.2 Å². The van der Waals surface area contributed by atoms with Gasteiger partial charge in [-0.3, -0.25) is 0 Å². The van der Waals surface area contributed by atoms with E-state index >= 15 is 0 Å². The molecular formula is C11H15NO3. The van der Waals surface area contributed by atoms with E-state index in [4.69, 9.17) is 10.5 Å². The Kier molecular flexibility index (Phi) is 3.55. The number of hydrogen-bond donors (Lipinski definition) is 1. The lowest BCUT2D eigenvalue weighted by atomic mass is 10.1. The molecule has 0 saturated carbocycles. The van der Waals surface area contributed by atoms with Gasteiger partial charge in [-0.05, 0) is 25.0 Å². The quantitative estimate of drug-likeness (QED) is 0.604. The Morgan fingerprint density at radius 3 is 2.60 bits per heavy atom. The minimum Gasteiger partial charge on any atom is -0.482 e. The second kappa shape index (κ2) is 4.68. The topological polar surface area (TPSA) is 61.5 Å². The van der Waals surface area contributed by atoms with E-state index in [0.717, 1.165) is 11.1 Å². The first-order valence-electron chi connectivity index (χ1n) is 4.61. The Balaban J connectivity index is 2.77. The van der Waals surface area contributed by atoms with Gasteiger partial charge in [-0.15, -0.1) is 0 Å². The number of esters is 1. The molecule has 0 saturated heterocycles. The zero-order valence-electron chi connectivity index (χ0n) is 9.16. The number of carbonyl (C=O) groups excluding carboxylic acids is 1. The van der Waals surface area contributed by atoms with Gasteiger partial charge >= 0.3 is 5.97 Å². The Hall–Kier alpha value is -1.71. The Labute approximate surface area is 89.0 Å². The molecule has 0 aliphatic rings. The number of ether oxygens (including phenoxy) is 2. The van der Waals surface area contributed by atoms with E-state index < -0.39 is 5.97 Å². The van der Waals surface area contributed by atoms with Gasteiger partial charge in [0.05, 0.1) is 7.11 Å². The Morgan fingerprint density at radius 2 is 2.00 bits per heavy atom. The second-order valence-corrected chi connectivity index (χ2v) is 3.34. The molecule has 1 aromatic carbocycles. The molecule has 0 aliphatic carbocycles. The summed E-state index contributed by atoms with van der Waals surface area (Å²) in [7, 11) is 1.32. The molecule has 2 N–H and O–H groups in total. The highest BCUT2D eigenvalue weighted by Crippen LogP contribution is 2.24. The van der Waals surface area contributed by atoms with E-state index in [-0.39, 0.29) is 6.61 Å². The average Bonchev–Trinajstić information content (AvgIpc) is 2.21. The molecular weight excluding hydrogens is 194 g/mol. The van der Waals surface area contributed by atoms with Crippen molar-refractivity contribution >= 4 is 11.7 Å². The summed E-state index contributed by atoms with van der Waals surface area (Å²) in [5.74, 6) is 0.206. The van der Waals surface area contributed by atoms with Crippen LogP contribution in [0.1, 0.15) is 11.1 Å².